The number of aromatic nitrogens is 4. The number of carbonyl (C=O) groups excluding carboxylic acids is 5. The summed E-state index contributed by atoms with van der Waals surface area (Å²) < 4.78 is 1.72. The first kappa shape index (κ1) is 42.3. The van der Waals surface area contributed by atoms with Gasteiger partial charge in [-0.1, -0.05) is 19.8 Å². The minimum atomic E-state index is -0.265. The van der Waals surface area contributed by atoms with E-state index < -0.39 is 0 Å². The van der Waals surface area contributed by atoms with E-state index in [-0.39, 0.29) is 52.2 Å². The van der Waals surface area contributed by atoms with Gasteiger partial charge in [-0.2, -0.15) is 4.98 Å². The van der Waals surface area contributed by atoms with Gasteiger partial charge in [-0.25, -0.2) is 9.97 Å². The predicted octanol–water partition coefficient (Wildman–Crippen LogP) is 5.67. The molecule has 2 unspecified atom stereocenters. The van der Waals surface area contributed by atoms with Crippen molar-refractivity contribution in [3.05, 3.63) is 75.3 Å². The van der Waals surface area contributed by atoms with Gasteiger partial charge in [0.25, 0.3) is 5.56 Å². The second-order valence-electron chi connectivity index (χ2n) is 16.7. The number of Topliss-reactive ketones (excluding diaryl/α,β-unsaturated/α-hetero) is 3. The summed E-state index contributed by atoms with van der Waals surface area (Å²) in [5.41, 5.74) is 4.20. The van der Waals surface area contributed by atoms with E-state index in [1.54, 1.807) is 23.8 Å². The topological polar surface area (TPSA) is 180 Å². The number of amides is 2. The number of nitrogens with zero attached hydrogens (tertiary/aromatic N) is 7. The van der Waals surface area contributed by atoms with Gasteiger partial charge >= 0.3 is 0 Å². The number of hydrogen-bond acceptors (Lipinski definition) is 13. The van der Waals surface area contributed by atoms with Gasteiger partial charge < -0.3 is 15.1 Å². The minimum Gasteiger partial charge on any atom is -0.371 e. The van der Waals surface area contributed by atoms with Crippen molar-refractivity contribution in [3.8, 4) is 0 Å². The van der Waals surface area contributed by atoms with E-state index in [2.05, 4.69) is 41.4 Å². The Labute approximate surface area is 350 Å². The maximum atomic E-state index is 13.5. The van der Waals surface area contributed by atoms with E-state index in [1.807, 2.05) is 31.3 Å². The number of piperidine rings is 1. The van der Waals surface area contributed by atoms with Crippen LogP contribution < -0.4 is 26.0 Å². The summed E-state index contributed by atoms with van der Waals surface area (Å²) in [6, 6.07) is 9.65. The monoisotopic (exact) mass is 817 g/mol. The zero-order valence-corrected chi connectivity index (χ0v) is 35.3. The third kappa shape index (κ3) is 9.30. The van der Waals surface area contributed by atoms with Crippen molar-refractivity contribution in [2.75, 3.05) is 60.9 Å². The fourth-order valence-electron chi connectivity index (χ4n) is 8.97. The molecule has 15 nitrogen and oxygen atoms in total. The lowest BCUT2D eigenvalue weighted by atomic mass is 10.0. The summed E-state index contributed by atoms with van der Waals surface area (Å²) in [7, 11) is 0. The summed E-state index contributed by atoms with van der Waals surface area (Å²) in [4.78, 5) is 92.6. The van der Waals surface area contributed by atoms with Gasteiger partial charge in [0.05, 0.1) is 17.4 Å². The van der Waals surface area contributed by atoms with E-state index in [0.717, 1.165) is 89.3 Å². The molecular weight excluding hydrogens is 763 g/mol. The highest BCUT2D eigenvalue weighted by atomic mass is 16.2. The zero-order valence-electron chi connectivity index (χ0n) is 35.3. The summed E-state index contributed by atoms with van der Waals surface area (Å²) in [5, 5.41) is 6.19. The Balaban J connectivity index is 0.000000537. The van der Waals surface area contributed by atoms with Crippen molar-refractivity contribution in [1.82, 2.24) is 29.7 Å². The Kier molecular flexibility index (Phi) is 12.8. The molecule has 1 aliphatic carbocycles. The molecule has 2 N–H and O–H groups in total. The Morgan fingerprint density at radius 2 is 1.52 bits per heavy atom. The van der Waals surface area contributed by atoms with Crippen LogP contribution in [-0.4, -0.2) is 99.4 Å². The number of hydrogen-bond donors (Lipinski definition) is 2. The normalized spacial score (nSPS) is 19.9. The fraction of sp³-hybridized carbons (Fsp3) is 0.489. The van der Waals surface area contributed by atoms with Crippen molar-refractivity contribution in [2.45, 2.75) is 85.6 Å². The van der Waals surface area contributed by atoms with Crippen LogP contribution in [0.1, 0.15) is 115 Å². The van der Waals surface area contributed by atoms with Gasteiger partial charge in [0, 0.05) is 92.6 Å². The first-order valence-corrected chi connectivity index (χ1v) is 21.1. The van der Waals surface area contributed by atoms with Crippen LogP contribution in [0.25, 0.3) is 11.0 Å². The largest absolute Gasteiger partial charge is 0.371 e. The fourth-order valence-corrected chi connectivity index (χ4v) is 8.97. The predicted molar refractivity (Wildman–Crippen MR) is 231 cm³/mol. The van der Waals surface area contributed by atoms with E-state index >= 15 is 0 Å². The van der Waals surface area contributed by atoms with E-state index in [4.69, 9.17) is 4.98 Å². The lowest BCUT2D eigenvalue weighted by Gasteiger charge is -2.37. The molecule has 0 bridgehead atoms. The average molecular weight is 818 g/mol. The Morgan fingerprint density at radius 3 is 2.15 bits per heavy atom. The molecule has 8 rings (SSSR count). The van der Waals surface area contributed by atoms with Crippen molar-refractivity contribution in [2.24, 2.45) is 11.8 Å². The maximum absolute atomic E-state index is 13.5. The number of carbonyl (C=O) groups is 5. The molecule has 1 saturated carbocycles. The summed E-state index contributed by atoms with van der Waals surface area (Å²) in [5.74, 6) is 0.854. The van der Waals surface area contributed by atoms with Gasteiger partial charge in [-0.3, -0.25) is 43.6 Å². The standard InChI is InChI=1S/C39H46N8O4.C6H9NO2/c1-24-34-21-41-39(43-37(34)47(29-7-5-6-8-29)38(51)36(24)27(4)50)42-35-12-10-31(20-40-35)45-17-15-44(16-18-45)22-28-13-14-46(23-28)30-9-11-32(25(2)48)33(19-30)26(3)49;1-4-2-3-5(8)7-6(4)9/h9-12,19-21,28-29H,5-8,13-18,22-23H2,1-4H3,(H,40,41,42,43);4H,2-3H2,1H3,(H,7,8,9). The Bertz CT molecular complexity index is 2360. The lowest BCUT2D eigenvalue weighted by Crippen LogP contribution is -2.48. The van der Waals surface area contributed by atoms with Crippen LogP contribution in [0.3, 0.4) is 0 Å². The molecule has 4 aromatic rings. The lowest BCUT2D eigenvalue weighted by molar-refractivity contribution is -0.135. The highest BCUT2D eigenvalue weighted by Gasteiger charge is 2.29. The Hall–Kier alpha value is -5.83. The summed E-state index contributed by atoms with van der Waals surface area (Å²) in [6.45, 7) is 14.8. The summed E-state index contributed by atoms with van der Waals surface area (Å²) in [6.07, 6.45) is 9.74. The molecule has 2 atom stereocenters. The molecule has 316 valence electrons. The SMILES string of the molecule is CC(=O)c1ccc(N2CCC(CN3CCN(c4ccc(Nc5ncc6c(C)c(C(C)=O)c(=O)n(C7CCCC7)c6n5)nc4)CC3)C2)cc1C(C)=O.CC1CCC(=O)NC1=O. The number of piperazine rings is 1. The molecule has 2 amide bonds. The zero-order chi connectivity index (χ0) is 42.7. The first-order chi connectivity index (χ1) is 28.8. The highest BCUT2D eigenvalue weighted by molar-refractivity contribution is 6.08. The molecule has 3 saturated heterocycles. The molecule has 0 spiro atoms. The Morgan fingerprint density at radius 1 is 0.800 bits per heavy atom. The van der Waals surface area contributed by atoms with Crippen molar-refractivity contribution < 1.29 is 24.0 Å². The van der Waals surface area contributed by atoms with Crippen LogP contribution in [0.15, 0.2) is 47.5 Å². The quantitative estimate of drug-likeness (QED) is 0.148. The second kappa shape index (κ2) is 18.2. The average Bonchev–Trinajstić information content (AvgIpc) is 3.93. The first-order valence-electron chi connectivity index (χ1n) is 21.1. The van der Waals surface area contributed by atoms with Gasteiger partial charge in [-0.05, 0) is 95.2 Å². The molecule has 60 heavy (non-hydrogen) atoms. The van der Waals surface area contributed by atoms with Crippen molar-refractivity contribution in [1.29, 1.82) is 0 Å². The highest BCUT2D eigenvalue weighted by Crippen LogP contribution is 2.32. The number of rotatable bonds is 10. The van der Waals surface area contributed by atoms with Crippen LogP contribution in [0.5, 0.6) is 0 Å². The van der Waals surface area contributed by atoms with Crippen LogP contribution in [-0.2, 0) is 9.59 Å². The van der Waals surface area contributed by atoms with Crippen molar-refractivity contribution >= 4 is 63.3 Å². The van der Waals surface area contributed by atoms with E-state index in [0.29, 0.717) is 58.2 Å². The minimum absolute atomic E-state index is 0.0164. The number of imide groups is 1. The van der Waals surface area contributed by atoms with Gasteiger partial charge in [-0.15, -0.1) is 0 Å². The third-order valence-corrected chi connectivity index (χ3v) is 12.4. The van der Waals surface area contributed by atoms with Crippen molar-refractivity contribution in [3.63, 3.8) is 0 Å². The molecule has 15 heteroatoms. The van der Waals surface area contributed by atoms with Gasteiger partial charge in [0.1, 0.15) is 11.5 Å². The molecular formula is C45H55N9O6. The molecule has 3 aromatic heterocycles. The molecule has 3 aliphatic heterocycles. The van der Waals surface area contributed by atoms with Crippen LogP contribution in [0, 0.1) is 18.8 Å². The molecule has 1 aromatic carbocycles. The van der Waals surface area contributed by atoms with E-state index in [9.17, 15) is 28.8 Å². The molecule has 4 fully saturated rings. The number of fused-ring (bicyclic) bond motifs is 1. The smallest absolute Gasteiger partial charge is 0.263 e. The third-order valence-electron chi connectivity index (χ3n) is 12.4. The number of ketones is 3. The number of aryl methyl sites for hydroxylation is 1. The molecule has 0 radical (unpaired) electrons. The van der Waals surface area contributed by atoms with Gasteiger partial charge in [0.2, 0.25) is 17.8 Å². The summed E-state index contributed by atoms with van der Waals surface area (Å²) >= 11 is 0. The number of pyridine rings is 2. The van der Waals surface area contributed by atoms with Gasteiger partial charge in [0.15, 0.2) is 17.3 Å². The van der Waals surface area contributed by atoms with E-state index in [1.165, 1.54) is 20.8 Å². The van der Waals surface area contributed by atoms with Crippen LogP contribution in [0.4, 0.5) is 23.1 Å². The molecule has 6 heterocycles. The number of anilines is 4. The van der Waals surface area contributed by atoms with Crippen LogP contribution >= 0.6 is 0 Å². The molecule has 4 aliphatic rings. The van der Waals surface area contributed by atoms with Crippen LogP contribution in [0.2, 0.25) is 0 Å². The maximum Gasteiger partial charge on any atom is 0.263 e. The second-order valence-corrected chi connectivity index (χ2v) is 16.7. The number of nitrogens with one attached hydrogen (secondary N) is 2. The number of benzene rings is 1.